The summed E-state index contributed by atoms with van der Waals surface area (Å²) in [5, 5.41) is 0. The molecule has 0 radical (unpaired) electrons. The molecule has 1 aromatic heterocycles. The van der Waals surface area contributed by atoms with Crippen LogP contribution in [-0.2, 0) is 11.8 Å². The molecule has 0 atom stereocenters. The molecule has 2 aromatic carbocycles. The Balaban J connectivity index is 1.71. The largest absolute Gasteiger partial charge is 0.261 e. The van der Waals surface area contributed by atoms with Crippen molar-refractivity contribution in [3.8, 4) is 0 Å². The fourth-order valence-corrected chi connectivity index (χ4v) is 3.22. The lowest BCUT2D eigenvalue weighted by Crippen LogP contribution is -2.14. The highest BCUT2D eigenvalue weighted by atomic mass is 14.7. The molecule has 22 heavy (non-hydrogen) atoms. The van der Waals surface area contributed by atoms with Crippen molar-refractivity contribution in [1.82, 2.24) is 4.98 Å². The summed E-state index contributed by atoms with van der Waals surface area (Å²) in [6.07, 6.45) is 5.15. The maximum atomic E-state index is 4.47. The van der Waals surface area contributed by atoms with Gasteiger partial charge in [-0.25, -0.2) is 0 Å². The number of hydrogen-bond donors (Lipinski definition) is 0. The predicted octanol–water partition coefficient (Wildman–Crippen LogP) is 4.55. The smallest absolute Gasteiger partial charge is 0.0599 e. The van der Waals surface area contributed by atoms with Crippen LogP contribution < -0.4 is 0 Å². The van der Waals surface area contributed by atoms with Gasteiger partial charge in [0, 0.05) is 18.3 Å². The van der Waals surface area contributed by atoms with Crippen LogP contribution >= 0.6 is 0 Å². The Morgan fingerprint density at radius 1 is 0.682 bits per heavy atom. The zero-order chi connectivity index (χ0) is 14.8. The molecule has 1 aliphatic rings. The first-order valence-corrected chi connectivity index (χ1v) is 7.63. The summed E-state index contributed by atoms with van der Waals surface area (Å²) >= 11 is 0. The summed E-state index contributed by atoms with van der Waals surface area (Å²) < 4.78 is 0. The van der Waals surface area contributed by atoms with Gasteiger partial charge >= 0.3 is 0 Å². The van der Waals surface area contributed by atoms with Crippen LogP contribution in [-0.4, -0.2) is 4.98 Å². The average Bonchev–Trinajstić information content (AvgIpc) is 3.32. The predicted molar refractivity (Wildman–Crippen MR) is 89.7 cm³/mol. The maximum absolute atomic E-state index is 4.47. The van der Waals surface area contributed by atoms with Crippen LogP contribution in [0.5, 0.6) is 0 Å². The molecule has 1 heterocycles. The van der Waals surface area contributed by atoms with Gasteiger partial charge < -0.3 is 0 Å². The normalized spacial score (nSPS) is 15.2. The lowest BCUT2D eigenvalue weighted by atomic mass is 9.82. The minimum atomic E-state index is -0.0416. The number of rotatable bonds is 4. The van der Waals surface area contributed by atoms with E-state index < -0.39 is 0 Å². The first kappa shape index (κ1) is 13.0. The van der Waals surface area contributed by atoms with Crippen molar-refractivity contribution in [2.45, 2.75) is 11.8 Å². The van der Waals surface area contributed by atoms with E-state index in [1.807, 2.05) is 12.3 Å². The Kier molecular flexibility index (Phi) is 3.12. The van der Waals surface area contributed by atoms with E-state index in [-0.39, 0.29) is 5.41 Å². The van der Waals surface area contributed by atoms with Gasteiger partial charge in [0.15, 0.2) is 0 Å². The van der Waals surface area contributed by atoms with E-state index in [9.17, 15) is 0 Å². The second kappa shape index (κ2) is 5.27. The van der Waals surface area contributed by atoms with Crippen LogP contribution in [0.1, 0.15) is 16.8 Å². The van der Waals surface area contributed by atoms with Crippen molar-refractivity contribution in [1.29, 1.82) is 0 Å². The molecule has 0 bridgehead atoms. The number of nitrogens with zero attached hydrogens (tertiary/aromatic N) is 1. The van der Waals surface area contributed by atoms with Gasteiger partial charge in [-0.1, -0.05) is 72.8 Å². The Bertz CT molecular complexity index is 750. The van der Waals surface area contributed by atoms with E-state index >= 15 is 0 Å². The van der Waals surface area contributed by atoms with E-state index in [0.717, 1.165) is 12.1 Å². The van der Waals surface area contributed by atoms with Crippen LogP contribution in [0, 0.1) is 0 Å². The van der Waals surface area contributed by atoms with Crippen LogP contribution in [0.2, 0.25) is 0 Å². The Morgan fingerprint density at radius 2 is 1.27 bits per heavy atom. The SMILES string of the molecule is C1=C(Cc2ccccn2)C1(c1ccccc1)c1ccccc1. The molecule has 1 nitrogen and oxygen atoms in total. The van der Waals surface area contributed by atoms with Crippen LogP contribution in [0.25, 0.3) is 0 Å². The standard InChI is InChI=1S/C21H17N/c1-3-9-17(10-4-1)21(18-11-5-2-6-12-18)16-19(21)15-20-13-7-8-14-22-20/h1-14,16H,15H2. The van der Waals surface area contributed by atoms with Gasteiger partial charge in [0.2, 0.25) is 0 Å². The molecule has 3 aromatic rings. The molecule has 0 unspecified atom stereocenters. The van der Waals surface area contributed by atoms with Crippen molar-refractivity contribution in [2.75, 3.05) is 0 Å². The van der Waals surface area contributed by atoms with E-state index in [2.05, 4.69) is 83.9 Å². The third kappa shape index (κ3) is 2.15. The number of pyridine rings is 1. The molecule has 0 fully saturated rings. The molecule has 0 spiro atoms. The quantitative estimate of drug-likeness (QED) is 0.640. The maximum Gasteiger partial charge on any atom is 0.0599 e. The molecule has 0 N–H and O–H groups in total. The molecule has 4 rings (SSSR count). The van der Waals surface area contributed by atoms with Gasteiger partial charge in [-0.05, 0) is 28.8 Å². The zero-order valence-corrected chi connectivity index (χ0v) is 12.3. The van der Waals surface area contributed by atoms with Crippen molar-refractivity contribution in [3.63, 3.8) is 0 Å². The summed E-state index contributed by atoms with van der Waals surface area (Å²) in [6, 6.07) is 27.6. The Hall–Kier alpha value is -2.67. The van der Waals surface area contributed by atoms with E-state index in [1.54, 1.807) is 0 Å². The number of benzene rings is 2. The molecule has 0 saturated heterocycles. The third-order valence-corrected chi connectivity index (χ3v) is 4.37. The van der Waals surface area contributed by atoms with Gasteiger partial charge in [-0.15, -0.1) is 0 Å². The van der Waals surface area contributed by atoms with Gasteiger partial charge in [0.05, 0.1) is 5.41 Å². The van der Waals surface area contributed by atoms with Crippen LogP contribution in [0.15, 0.2) is 96.7 Å². The molecule has 0 aliphatic heterocycles. The first-order valence-electron chi connectivity index (χ1n) is 7.63. The lowest BCUT2D eigenvalue weighted by molar-refractivity contribution is 0.858. The minimum Gasteiger partial charge on any atom is -0.261 e. The van der Waals surface area contributed by atoms with E-state index in [0.29, 0.717) is 0 Å². The van der Waals surface area contributed by atoms with Gasteiger partial charge in [0.1, 0.15) is 0 Å². The average molecular weight is 283 g/mol. The van der Waals surface area contributed by atoms with Crippen molar-refractivity contribution in [2.24, 2.45) is 0 Å². The molecule has 1 aliphatic carbocycles. The summed E-state index contributed by atoms with van der Waals surface area (Å²) in [5.41, 5.74) is 5.20. The van der Waals surface area contributed by atoms with Crippen molar-refractivity contribution in [3.05, 3.63) is 114 Å². The van der Waals surface area contributed by atoms with Crippen molar-refractivity contribution < 1.29 is 0 Å². The number of hydrogen-bond acceptors (Lipinski definition) is 1. The number of aromatic nitrogens is 1. The molecular formula is C21H17N. The highest BCUT2D eigenvalue weighted by Gasteiger charge is 2.46. The van der Waals surface area contributed by atoms with Gasteiger partial charge in [0.25, 0.3) is 0 Å². The van der Waals surface area contributed by atoms with Crippen LogP contribution in [0.4, 0.5) is 0 Å². The summed E-state index contributed by atoms with van der Waals surface area (Å²) in [4.78, 5) is 4.47. The van der Waals surface area contributed by atoms with E-state index in [4.69, 9.17) is 0 Å². The monoisotopic (exact) mass is 283 g/mol. The fourth-order valence-electron chi connectivity index (χ4n) is 3.22. The van der Waals surface area contributed by atoms with Gasteiger partial charge in [-0.3, -0.25) is 4.98 Å². The summed E-state index contributed by atoms with van der Waals surface area (Å²) in [5.74, 6) is 0. The lowest BCUT2D eigenvalue weighted by Gasteiger charge is -2.20. The minimum absolute atomic E-state index is 0.0416. The highest BCUT2D eigenvalue weighted by Crippen LogP contribution is 2.53. The molecule has 0 amide bonds. The summed E-state index contributed by atoms with van der Waals surface area (Å²) in [6.45, 7) is 0. The Labute approximate surface area is 131 Å². The van der Waals surface area contributed by atoms with Crippen LogP contribution in [0.3, 0.4) is 0 Å². The molecular weight excluding hydrogens is 266 g/mol. The Morgan fingerprint density at radius 3 is 1.82 bits per heavy atom. The molecule has 0 saturated carbocycles. The second-order valence-electron chi connectivity index (χ2n) is 5.71. The second-order valence-corrected chi connectivity index (χ2v) is 5.71. The molecule has 106 valence electrons. The highest BCUT2D eigenvalue weighted by molar-refractivity contribution is 5.65. The topological polar surface area (TPSA) is 12.9 Å². The van der Waals surface area contributed by atoms with E-state index in [1.165, 1.54) is 16.7 Å². The van der Waals surface area contributed by atoms with Crippen molar-refractivity contribution >= 4 is 0 Å². The summed E-state index contributed by atoms with van der Waals surface area (Å²) in [7, 11) is 0. The number of allylic oxidation sites excluding steroid dienone is 2. The first-order chi connectivity index (χ1) is 10.9. The van der Waals surface area contributed by atoms with Gasteiger partial charge in [-0.2, -0.15) is 0 Å². The zero-order valence-electron chi connectivity index (χ0n) is 12.3. The molecule has 1 heteroatoms. The third-order valence-electron chi connectivity index (χ3n) is 4.37. The fraction of sp³-hybridized carbons (Fsp3) is 0.0952.